The van der Waals surface area contributed by atoms with Crippen LogP contribution in [0.4, 0.5) is 5.69 Å². The summed E-state index contributed by atoms with van der Waals surface area (Å²) >= 11 is 0. The third kappa shape index (κ3) is 4.90. The van der Waals surface area contributed by atoms with Gasteiger partial charge in [0.1, 0.15) is 5.75 Å². The van der Waals surface area contributed by atoms with Gasteiger partial charge in [-0.1, -0.05) is 38.0 Å². The molecule has 6 nitrogen and oxygen atoms in total. The highest BCUT2D eigenvalue weighted by Gasteiger charge is 2.25. The number of para-hydroxylation sites is 2. The second-order valence-electron chi connectivity index (χ2n) is 7.63. The van der Waals surface area contributed by atoms with Crippen LogP contribution >= 0.6 is 0 Å². The molecule has 0 radical (unpaired) electrons. The molecule has 2 aromatic rings. The molecule has 1 saturated carbocycles. The maximum atomic E-state index is 13.0. The first-order valence-electron chi connectivity index (χ1n) is 9.89. The maximum Gasteiger partial charge on any atom is 0.262 e. The van der Waals surface area contributed by atoms with Crippen molar-refractivity contribution in [2.45, 2.75) is 50.5 Å². The minimum atomic E-state index is -3.89. The standard InChI is InChI=1S/C22H28N2O4S/c1-15-8-4-5-9-18(15)23-22(25)17-13-12-16(2)21(14-17)29(26,27)24-19-10-6-7-11-20(19)28-3/h6-7,10-15,18,24H,4-5,8-9H2,1-3H3,(H,23,25)/t15-,18-/m0/s1. The van der Waals surface area contributed by atoms with Gasteiger partial charge >= 0.3 is 0 Å². The lowest BCUT2D eigenvalue weighted by molar-refractivity contribution is 0.0910. The number of carbonyl (C=O) groups is 1. The van der Waals surface area contributed by atoms with Crippen LogP contribution in [0.15, 0.2) is 47.4 Å². The fourth-order valence-electron chi connectivity index (χ4n) is 3.74. The zero-order valence-corrected chi connectivity index (χ0v) is 17.9. The van der Waals surface area contributed by atoms with Gasteiger partial charge in [0.15, 0.2) is 0 Å². The molecule has 2 N–H and O–H groups in total. The molecular formula is C22H28N2O4S. The molecule has 156 valence electrons. The highest BCUT2D eigenvalue weighted by molar-refractivity contribution is 7.92. The van der Waals surface area contributed by atoms with Gasteiger partial charge < -0.3 is 10.1 Å². The van der Waals surface area contributed by atoms with E-state index in [-0.39, 0.29) is 16.8 Å². The predicted molar refractivity (Wildman–Crippen MR) is 114 cm³/mol. The monoisotopic (exact) mass is 416 g/mol. The van der Waals surface area contributed by atoms with E-state index >= 15 is 0 Å². The second-order valence-corrected chi connectivity index (χ2v) is 9.28. The third-order valence-corrected chi connectivity index (χ3v) is 7.03. The van der Waals surface area contributed by atoms with Gasteiger partial charge in [0.05, 0.1) is 17.7 Å². The Balaban J connectivity index is 1.85. The van der Waals surface area contributed by atoms with Gasteiger partial charge in [-0.15, -0.1) is 0 Å². The summed E-state index contributed by atoms with van der Waals surface area (Å²) in [6.07, 6.45) is 4.35. The quantitative estimate of drug-likeness (QED) is 0.742. The van der Waals surface area contributed by atoms with Crippen molar-refractivity contribution in [3.8, 4) is 5.75 Å². The van der Waals surface area contributed by atoms with Gasteiger partial charge in [0, 0.05) is 11.6 Å². The number of hydrogen-bond donors (Lipinski definition) is 2. The number of anilines is 1. The van der Waals surface area contributed by atoms with Gasteiger partial charge in [-0.3, -0.25) is 9.52 Å². The lowest BCUT2D eigenvalue weighted by Crippen LogP contribution is -2.41. The zero-order chi connectivity index (χ0) is 21.0. The average Bonchev–Trinajstić information content (AvgIpc) is 2.70. The van der Waals surface area contributed by atoms with Crippen LogP contribution in [0.3, 0.4) is 0 Å². The zero-order valence-electron chi connectivity index (χ0n) is 17.1. The Hall–Kier alpha value is -2.54. The van der Waals surface area contributed by atoms with Crippen LogP contribution in [0.2, 0.25) is 0 Å². The third-order valence-electron chi connectivity index (χ3n) is 5.52. The molecule has 2 aromatic carbocycles. The highest BCUT2D eigenvalue weighted by atomic mass is 32.2. The Morgan fingerprint density at radius 1 is 1.10 bits per heavy atom. The number of amides is 1. The van der Waals surface area contributed by atoms with Gasteiger partial charge in [0.25, 0.3) is 15.9 Å². The molecule has 0 heterocycles. The molecule has 3 rings (SSSR count). The van der Waals surface area contributed by atoms with E-state index in [1.54, 1.807) is 43.3 Å². The van der Waals surface area contributed by atoms with Crippen LogP contribution in [-0.2, 0) is 10.0 Å². The number of sulfonamides is 1. The van der Waals surface area contributed by atoms with E-state index in [4.69, 9.17) is 4.74 Å². The van der Waals surface area contributed by atoms with E-state index in [9.17, 15) is 13.2 Å². The molecule has 1 aliphatic rings. The molecule has 29 heavy (non-hydrogen) atoms. The number of nitrogens with one attached hydrogen (secondary N) is 2. The van der Waals surface area contributed by atoms with Gasteiger partial charge in [-0.2, -0.15) is 0 Å². The summed E-state index contributed by atoms with van der Waals surface area (Å²) in [7, 11) is -2.40. The molecule has 0 unspecified atom stereocenters. The van der Waals surface area contributed by atoms with E-state index in [2.05, 4.69) is 17.0 Å². The minimum Gasteiger partial charge on any atom is -0.495 e. The summed E-state index contributed by atoms with van der Waals surface area (Å²) in [6.45, 7) is 3.86. The normalized spacial score (nSPS) is 19.4. The number of rotatable bonds is 6. The second kappa shape index (κ2) is 8.86. The summed E-state index contributed by atoms with van der Waals surface area (Å²) in [5.41, 5.74) is 1.25. The molecule has 0 saturated heterocycles. The molecular weight excluding hydrogens is 388 g/mol. The smallest absolute Gasteiger partial charge is 0.262 e. The first-order valence-corrected chi connectivity index (χ1v) is 11.4. The van der Waals surface area contributed by atoms with Crippen molar-refractivity contribution in [1.29, 1.82) is 0 Å². The number of methoxy groups -OCH3 is 1. The Labute approximate surface area is 172 Å². The highest BCUT2D eigenvalue weighted by Crippen LogP contribution is 2.28. The van der Waals surface area contributed by atoms with Gasteiger partial charge in [-0.25, -0.2) is 8.42 Å². The maximum absolute atomic E-state index is 13.0. The molecule has 0 spiro atoms. The van der Waals surface area contributed by atoms with Gasteiger partial charge in [-0.05, 0) is 55.5 Å². The molecule has 1 aliphatic carbocycles. The van der Waals surface area contributed by atoms with Crippen molar-refractivity contribution in [3.63, 3.8) is 0 Å². The molecule has 0 aromatic heterocycles. The number of hydrogen-bond acceptors (Lipinski definition) is 4. The molecule has 1 fully saturated rings. The average molecular weight is 417 g/mol. The summed E-state index contributed by atoms with van der Waals surface area (Å²) in [5.74, 6) is 0.611. The Kier molecular flexibility index (Phi) is 6.47. The SMILES string of the molecule is COc1ccccc1NS(=O)(=O)c1cc(C(=O)N[C@H]2CCCC[C@@H]2C)ccc1C. The molecule has 0 bridgehead atoms. The lowest BCUT2D eigenvalue weighted by atomic mass is 9.86. The first-order chi connectivity index (χ1) is 13.8. The Morgan fingerprint density at radius 3 is 2.55 bits per heavy atom. The van der Waals surface area contributed by atoms with E-state index in [0.29, 0.717) is 28.5 Å². The largest absolute Gasteiger partial charge is 0.495 e. The minimum absolute atomic E-state index is 0.0766. The summed E-state index contributed by atoms with van der Waals surface area (Å²) in [4.78, 5) is 12.8. The van der Waals surface area contributed by atoms with Gasteiger partial charge in [0.2, 0.25) is 0 Å². The van der Waals surface area contributed by atoms with Crippen molar-refractivity contribution >= 4 is 21.6 Å². The van der Waals surface area contributed by atoms with Crippen LogP contribution in [0, 0.1) is 12.8 Å². The van der Waals surface area contributed by atoms with Crippen LogP contribution in [0.25, 0.3) is 0 Å². The van der Waals surface area contributed by atoms with Crippen molar-refractivity contribution in [3.05, 3.63) is 53.6 Å². The Morgan fingerprint density at radius 2 is 1.83 bits per heavy atom. The molecule has 2 atom stereocenters. The van der Waals surface area contributed by atoms with Crippen LogP contribution in [-0.4, -0.2) is 27.5 Å². The number of carbonyl (C=O) groups excluding carboxylic acids is 1. The number of aryl methyl sites for hydroxylation is 1. The summed E-state index contributed by atoms with van der Waals surface area (Å²) in [5, 5.41) is 3.08. The van der Waals surface area contributed by atoms with Crippen molar-refractivity contribution in [2.75, 3.05) is 11.8 Å². The summed E-state index contributed by atoms with van der Waals surface area (Å²) < 4.78 is 33.8. The van der Waals surface area contributed by atoms with E-state index in [0.717, 1.165) is 19.3 Å². The summed E-state index contributed by atoms with van der Waals surface area (Å²) in [6, 6.07) is 11.7. The van der Waals surface area contributed by atoms with Crippen molar-refractivity contribution in [1.82, 2.24) is 5.32 Å². The molecule has 0 aliphatic heterocycles. The van der Waals surface area contributed by atoms with Crippen LogP contribution in [0.5, 0.6) is 5.75 Å². The van der Waals surface area contributed by atoms with E-state index in [1.165, 1.54) is 19.6 Å². The number of ether oxygens (including phenoxy) is 1. The Bertz CT molecular complexity index is 988. The fraction of sp³-hybridized carbons (Fsp3) is 0.409. The topological polar surface area (TPSA) is 84.5 Å². The van der Waals surface area contributed by atoms with E-state index in [1.807, 2.05) is 0 Å². The van der Waals surface area contributed by atoms with E-state index < -0.39 is 10.0 Å². The first kappa shape index (κ1) is 21.2. The molecule has 7 heteroatoms. The molecule has 1 amide bonds. The lowest BCUT2D eigenvalue weighted by Gasteiger charge is -2.29. The fourth-order valence-corrected chi connectivity index (χ4v) is 5.08. The number of benzene rings is 2. The predicted octanol–water partition coefficient (Wildman–Crippen LogP) is 4.11. The van der Waals surface area contributed by atoms with Crippen LogP contribution in [0.1, 0.15) is 48.5 Å². The van der Waals surface area contributed by atoms with Crippen molar-refractivity contribution in [2.24, 2.45) is 5.92 Å². The van der Waals surface area contributed by atoms with Crippen molar-refractivity contribution < 1.29 is 17.9 Å². The van der Waals surface area contributed by atoms with Crippen LogP contribution < -0.4 is 14.8 Å².